The van der Waals surface area contributed by atoms with Gasteiger partial charge >= 0.3 is 0 Å². The second kappa shape index (κ2) is 5.75. The fourth-order valence-corrected chi connectivity index (χ4v) is 6.46. The molecule has 0 heterocycles. The fourth-order valence-electron chi connectivity index (χ4n) is 3.02. The quantitative estimate of drug-likeness (QED) is 0.743. The molecule has 0 bridgehead atoms. The van der Waals surface area contributed by atoms with Gasteiger partial charge in [-0.15, -0.1) is 0 Å². The largest absolute Gasteiger partial charge is 0.112 e. The number of hydrogen-bond acceptors (Lipinski definition) is 0. The maximum atomic E-state index is 2.48. The lowest BCUT2D eigenvalue weighted by atomic mass is 10.2. The highest BCUT2D eigenvalue weighted by Gasteiger charge is 2.29. The van der Waals surface area contributed by atoms with Gasteiger partial charge in [0, 0.05) is 0 Å². The average Bonchev–Trinajstić information content (AvgIpc) is 2.47. The molecule has 0 fully saturated rings. The molecule has 0 radical (unpaired) electrons. The molecule has 2 aromatic rings. The first kappa shape index (κ1) is 14.1. The molecule has 0 aliphatic heterocycles. The van der Waals surface area contributed by atoms with Crippen LogP contribution in [0.2, 0.25) is 13.1 Å². The van der Waals surface area contributed by atoms with Crippen LogP contribution in [0.1, 0.15) is 25.0 Å². The number of hydrogen-bond donors (Lipinski definition) is 0. The predicted molar refractivity (Wildman–Crippen MR) is 88.4 cm³/mol. The maximum absolute atomic E-state index is 2.48. The zero-order valence-corrected chi connectivity index (χ0v) is 13.5. The minimum Gasteiger partial charge on any atom is -0.0623 e. The Labute approximate surface area is 118 Å². The Bertz CT molecular complexity index is 506. The van der Waals surface area contributed by atoms with Crippen LogP contribution in [0.5, 0.6) is 0 Å². The standard InChI is InChI=1S/C18H24Si/c1-5-15-11-7-9-13-17(15)19(3,4)18-14-10-8-12-16(18)6-2/h7-14H,5-6H2,1-4H3. The normalized spacial score (nSPS) is 11.6. The fraction of sp³-hybridized carbons (Fsp3) is 0.333. The summed E-state index contributed by atoms with van der Waals surface area (Å²) in [6.45, 7) is 9.48. The first-order valence-corrected chi connectivity index (χ1v) is 10.3. The molecule has 2 aromatic carbocycles. The van der Waals surface area contributed by atoms with Crippen LogP contribution in [0.15, 0.2) is 48.5 Å². The van der Waals surface area contributed by atoms with Crippen molar-refractivity contribution < 1.29 is 0 Å². The molecule has 0 aromatic heterocycles. The number of rotatable bonds is 4. The molecule has 0 unspecified atom stereocenters. The Morgan fingerprint density at radius 2 is 1.05 bits per heavy atom. The Morgan fingerprint density at radius 1 is 0.684 bits per heavy atom. The van der Waals surface area contributed by atoms with Crippen molar-refractivity contribution in [1.29, 1.82) is 0 Å². The van der Waals surface area contributed by atoms with Crippen molar-refractivity contribution in [2.45, 2.75) is 39.8 Å². The zero-order chi connectivity index (χ0) is 13.9. The van der Waals surface area contributed by atoms with Crippen LogP contribution in [0.4, 0.5) is 0 Å². The zero-order valence-electron chi connectivity index (χ0n) is 12.5. The second-order valence-corrected chi connectivity index (χ2v) is 9.97. The van der Waals surface area contributed by atoms with E-state index in [2.05, 4.69) is 75.5 Å². The van der Waals surface area contributed by atoms with Crippen LogP contribution in [0.3, 0.4) is 0 Å². The summed E-state index contributed by atoms with van der Waals surface area (Å²) in [5.74, 6) is 0. The molecule has 0 nitrogen and oxygen atoms in total. The summed E-state index contributed by atoms with van der Waals surface area (Å²) in [7, 11) is -1.59. The third kappa shape index (κ3) is 2.66. The summed E-state index contributed by atoms with van der Waals surface area (Å²) in [5.41, 5.74) is 3.04. The maximum Gasteiger partial charge on any atom is 0.112 e. The summed E-state index contributed by atoms with van der Waals surface area (Å²) in [6, 6.07) is 18.0. The van der Waals surface area contributed by atoms with E-state index in [0.29, 0.717) is 0 Å². The van der Waals surface area contributed by atoms with Gasteiger partial charge in [-0.25, -0.2) is 0 Å². The van der Waals surface area contributed by atoms with E-state index in [1.54, 1.807) is 10.4 Å². The van der Waals surface area contributed by atoms with Crippen molar-refractivity contribution in [2.75, 3.05) is 0 Å². The van der Waals surface area contributed by atoms with Crippen molar-refractivity contribution in [3.63, 3.8) is 0 Å². The summed E-state index contributed by atoms with van der Waals surface area (Å²) in [6.07, 6.45) is 2.25. The monoisotopic (exact) mass is 268 g/mol. The van der Waals surface area contributed by atoms with Crippen LogP contribution in [-0.2, 0) is 12.8 Å². The first-order valence-electron chi connectivity index (χ1n) is 7.28. The Balaban J connectivity index is 2.58. The van der Waals surface area contributed by atoms with E-state index in [1.807, 2.05) is 0 Å². The van der Waals surface area contributed by atoms with Crippen molar-refractivity contribution >= 4 is 18.4 Å². The van der Waals surface area contributed by atoms with Gasteiger partial charge in [0.25, 0.3) is 0 Å². The Morgan fingerprint density at radius 3 is 1.42 bits per heavy atom. The molecule has 0 saturated carbocycles. The van der Waals surface area contributed by atoms with E-state index >= 15 is 0 Å². The molecule has 0 amide bonds. The van der Waals surface area contributed by atoms with Gasteiger partial charge in [-0.3, -0.25) is 0 Å². The van der Waals surface area contributed by atoms with Crippen LogP contribution >= 0.6 is 0 Å². The highest BCUT2D eigenvalue weighted by atomic mass is 28.3. The number of benzene rings is 2. The molecule has 1 heteroatoms. The number of aryl methyl sites for hydroxylation is 2. The lowest BCUT2D eigenvalue weighted by Crippen LogP contribution is -2.55. The average molecular weight is 268 g/mol. The van der Waals surface area contributed by atoms with E-state index in [4.69, 9.17) is 0 Å². The SMILES string of the molecule is CCc1ccccc1[Si](C)(C)c1ccccc1CC. The van der Waals surface area contributed by atoms with E-state index < -0.39 is 8.07 Å². The van der Waals surface area contributed by atoms with Gasteiger partial charge in [-0.2, -0.15) is 0 Å². The van der Waals surface area contributed by atoms with E-state index in [1.165, 1.54) is 11.1 Å². The van der Waals surface area contributed by atoms with Crippen molar-refractivity contribution in [3.05, 3.63) is 59.7 Å². The van der Waals surface area contributed by atoms with E-state index in [-0.39, 0.29) is 0 Å². The van der Waals surface area contributed by atoms with Gasteiger partial charge in [0.05, 0.1) is 0 Å². The minimum atomic E-state index is -1.59. The molecule has 0 atom stereocenters. The van der Waals surface area contributed by atoms with Crippen molar-refractivity contribution in [2.24, 2.45) is 0 Å². The molecule has 2 rings (SSSR count). The van der Waals surface area contributed by atoms with Crippen LogP contribution in [0.25, 0.3) is 0 Å². The molecule has 19 heavy (non-hydrogen) atoms. The van der Waals surface area contributed by atoms with Gasteiger partial charge < -0.3 is 0 Å². The van der Waals surface area contributed by atoms with Crippen LogP contribution in [-0.4, -0.2) is 8.07 Å². The lowest BCUT2D eigenvalue weighted by molar-refractivity contribution is 1.14. The van der Waals surface area contributed by atoms with Crippen LogP contribution < -0.4 is 10.4 Å². The molecule has 0 saturated heterocycles. The van der Waals surface area contributed by atoms with Gasteiger partial charge in [0.2, 0.25) is 0 Å². The van der Waals surface area contributed by atoms with Crippen LogP contribution in [0, 0.1) is 0 Å². The smallest absolute Gasteiger partial charge is 0.0623 e. The van der Waals surface area contributed by atoms with Gasteiger partial charge in [-0.05, 0) is 24.0 Å². The molecule has 0 aliphatic rings. The first-order chi connectivity index (χ1) is 9.11. The van der Waals surface area contributed by atoms with Gasteiger partial charge in [-0.1, -0.05) is 85.8 Å². The van der Waals surface area contributed by atoms with Crippen molar-refractivity contribution in [3.8, 4) is 0 Å². The van der Waals surface area contributed by atoms with Crippen molar-refractivity contribution in [1.82, 2.24) is 0 Å². The predicted octanol–water partition coefficient (Wildman–Crippen LogP) is 3.63. The van der Waals surface area contributed by atoms with Gasteiger partial charge in [0.15, 0.2) is 0 Å². The molecular formula is C18H24Si. The summed E-state index contributed by atoms with van der Waals surface area (Å²) < 4.78 is 0. The summed E-state index contributed by atoms with van der Waals surface area (Å²) in [5, 5.41) is 3.19. The molecular weight excluding hydrogens is 244 g/mol. The van der Waals surface area contributed by atoms with E-state index in [9.17, 15) is 0 Å². The molecule has 0 spiro atoms. The van der Waals surface area contributed by atoms with Gasteiger partial charge in [0.1, 0.15) is 8.07 Å². The highest BCUT2D eigenvalue weighted by molar-refractivity contribution is 7.00. The van der Waals surface area contributed by atoms with E-state index in [0.717, 1.165) is 12.8 Å². The Kier molecular flexibility index (Phi) is 4.26. The third-order valence-electron chi connectivity index (χ3n) is 4.14. The topological polar surface area (TPSA) is 0 Å². The third-order valence-corrected chi connectivity index (χ3v) is 7.81. The summed E-state index contributed by atoms with van der Waals surface area (Å²) in [4.78, 5) is 0. The molecule has 100 valence electrons. The highest BCUT2D eigenvalue weighted by Crippen LogP contribution is 2.12. The molecule has 0 N–H and O–H groups in total. The Hall–Kier alpha value is -1.34. The minimum absolute atomic E-state index is 1.13. The molecule has 0 aliphatic carbocycles. The lowest BCUT2D eigenvalue weighted by Gasteiger charge is -2.28. The summed E-state index contributed by atoms with van der Waals surface area (Å²) >= 11 is 0. The second-order valence-electron chi connectivity index (χ2n) is 5.65.